The predicted molar refractivity (Wildman–Crippen MR) is 78.0 cm³/mol. The number of halogens is 1. The van der Waals surface area contributed by atoms with Crippen molar-refractivity contribution in [1.82, 2.24) is 0 Å². The molecule has 2 aromatic rings. The average molecular weight is 277 g/mol. The van der Waals surface area contributed by atoms with Crippen LogP contribution < -0.4 is 9.47 Å². The Morgan fingerprint density at radius 3 is 2.42 bits per heavy atom. The third-order valence-corrected chi connectivity index (χ3v) is 2.81. The number of ether oxygens (including phenoxy) is 2. The van der Waals surface area contributed by atoms with E-state index in [0.717, 1.165) is 11.3 Å². The third-order valence-electron chi connectivity index (χ3n) is 2.51. The lowest BCUT2D eigenvalue weighted by atomic mass is 10.2. The molecule has 0 bridgehead atoms. The lowest BCUT2D eigenvalue weighted by molar-refractivity contribution is 0.241. The molecular weight excluding hydrogens is 260 g/mol. The molecule has 0 aliphatic rings. The summed E-state index contributed by atoms with van der Waals surface area (Å²) in [5, 5.41) is 0.569. The third kappa shape index (κ3) is 4.18. The van der Waals surface area contributed by atoms with E-state index < -0.39 is 0 Å². The molecule has 3 heteroatoms. The molecule has 2 nitrogen and oxygen atoms in total. The second-order valence-corrected chi connectivity index (χ2v) is 4.94. The molecule has 0 saturated heterocycles. The predicted octanol–water partition coefficient (Wildman–Crippen LogP) is 4.71. The molecule has 100 valence electrons. The number of rotatable bonds is 5. The second kappa shape index (κ2) is 6.48. The van der Waals surface area contributed by atoms with Crippen LogP contribution >= 0.6 is 11.6 Å². The van der Waals surface area contributed by atoms with Gasteiger partial charge in [-0.05, 0) is 31.5 Å². The molecule has 0 aliphatic heterocycles. The second-order valence-electron chi connectivity index (χ2n) is 4.53. The van der Waals surface area contributed by atoms with E-state index in [4.69, 9.17) is 21.1 Å². The molecule has 19 heavy (non-hydrogen) atoms. The van der Waals surface area contributed by atoms with Crippen LogP contribution in [0.2, 0.25) is 5.02 Å². The Labute approximate surface area is 118 Å². The monoisotopic (exact) mass is 276 g/mol. The van der Waals surface area contributed by atoms with Crippen LogP contribution in [0.1, 0.15) is 19.4 Å². The fraction of sp³-hybridized carbons (Fsp3) is 0.250. The van der Waals surface area contributed by atoms with E-state index in [1.807, 2.05) is 56.3 Å². The van der Waals surface area contributed by atoms with Crippen molar-refractivity contribution in [3.8, 4) is 11.5 Å². The molecule has 0 atom stereocenters. The van der Waals surface area contributed by atoms with E-state index >= 15 is 0 Å². The Hall–Kier alpha value is -1.67. The molecule has 0 unspecified atom stereocenters. The summed E-state index contributed by atoms with van der Waals surface area (Å²) in [4.78, 5) is 0. The van der Waals surface area contributed by atoms with Gasteiger partial charge in [-0.1, -0.05) is 41.9 Å². The van der Waals surface area contributed by atoms with E-state index in [1.165, 1.54) is 0 Å². The number of benzene rings is 2. The maximum atomic E-state index is 6.15. The van der Waals surface area contributed by atoms with Crippen LogP contribution in [0, 0.1) is 0 Å². The molecule has 2 rings (SSSR count). The van der Waals surface area contributed by atoms with Crippen LogP contribution in [0.3, 0.4) is 0 Å². The Kier molecular flexibility index (Phi) is 4.69. The van der Waals surface area contributed by atoms with Gasteiger partial charge in [0.05, 0.1) is 11.1 Å². The molecule has 0 heterocycles. The first-order valence-corrected chi connectivity index (χ1v) is 6.66. The quantitative estimate of drug-likeness (QED) is 0.788. The van der Waals surface area contributed by atoms with Gasteiger partial charge in [0.2, 0.25) is 0 Å². The smallest absolute Gasteiger partial charge is 0.138 e. The van der Waals surface area contributed by atoms with Crippen molar-refractivity contribution in [2.75, 3.05) is 0 Å². The zero-order chi connectivity index (χ0) is 13.7. The molecule has 0 N–H and O–H groups in total. The summed E-state index contributed by atoms with van der Waals surface area (Å²) in [6.07, 6.45) is 0.105. The van der Waals surface area contributed by atoms with Crippen LogP contribution in [-0.2, 0) is 6.61 Å². The molecule has 0 amide bonds. The minimum atomic E-state index is 0.105. The number of hydrogen-bond donors (Lipinski definition) is 0. The lowest BCUT2D eigenvalue weighted by Crippen LogP contribution is -2.05. The Bertz CT molecular complexity index is 524. The van der Waals surface area contributed by atoms with E-state index in [0.29, 0.717) is 17.4 Å². The Balaban J connectivity index is 2.00. The van der Waals surface area contributed by atoms with Gasteiger partial charge < -0.3 is 9.47 Å². The zero-order valence-corrected chi connectivity index (χ0v) is 11.9. The maximum absolute atomic E-state index is 6.15. The molecule has 0 fully saturated rings. The topological polar surface area (TPSA) is 18.5 Å². The standard InChI is InChI=1S/C16H17ClO2/c1-12(2)19-16-9-8-14(10-15(16)17)18-11-13-6-4-3-5-7-13/h3-10,12H,11H2,1-2H3. The minimum absolute atomic E-state index is 0.105. The van der Waals surface area contributed by atoms with Crippen molar-refractivity contribution < 1.29 is 9.47 Å². The summed E-state index contributed by atoms with van der Waals surface area (Å²) >= 11 is 6.15. The van der Waals surface area contributed by atoms with Crippen LogP contribution in [0.25, 0.3) is 0 Å². The highest BCUT2D eigenvalue weighted by Gasteiger charge is 2.05. The average Bonchev–Trinajstić information content (AvgIpc) is 2.40. The van der Waals surface area contributed by atoms with Gasteiger partial charge >= 0.3 is 0 Å². The first-order chi connectivity index (χ1) is 9.15. The van der Waals surface area contributed by atoms with Crippen molar-refractivity contribution in [2.24, 2.45) is 0 Å². The van der Waals surface area contributed by atoms with Crippen LogP contribution in [0.4, 0.5) is 0 Å². The summed E-state index contributed by atoms with van der Waals surface area (Å²) in [6, 6.07) is 15.5. The van der Waals surface area contributed by atoms with Gasteiger partial charge in [0.1, 0.15) is 18.1 Å². The van der Waals surface area contributed by atoms with E-state index in [1.54, 1.807) is 6.07 Å². The highest BCUT2D eigenvalue weighted by atomic mass is 35.5. The maximum Gasteiger partial charge on any atom is 0.138 e. The molecule has 0 spiro atoms. The first-order valence-electron chi connectivity index (χ1n) is 6.28. The molecule has 0 aliphatic carbocycles. The van der Waals surface area contributed by atoms with Crippen LogP contribution in [-0.4, -0.2) is 6.10 Å². The normalized spacial score (nSPS) is 10.5. The van der Waals surface area contributed by atoms with Gasteiger partial charge in [-0.25, -0.2) is 0 Å². The lowest BCUT2D eigenvalue weighted by Gasteiger charge is -2.12. The molecule has 0 saturated carbocycles. The molecule has 2 aromatic carbocycles. The largest absolute Gasteiger partial charge is 0.489 e. The van der Waals surface area contributed by atoms with Gasteiger partial charge in [0.15, 0.2) is 0 Å². The van der Waals surface area contributed by atoms with Gasteiger partial charge in [-0.2, -0.15) is 0 Å². The van der Waals surface area contributed by atoms with Crippen molar-refractivity contribution >= 4 is 11.6 Å². The first kappa shape index (κ1) is 13.8. The minimum Gasteiger partial charge on any atom is -0.489 e. The number of hydrogen-bond acceptors (Lipinski definition) is 2. The van der Waals surface area contributed by atoms with Crippen molar-refractivity contribution in [3.63, 3.8) is 0 Å². The Morgan fingerprint density at radius 1 is 1.05 bits per heavy atom. The van der Waals surface area contributed by atoms with Crippen molar-refractivity contribution in [1.29, 1.82) is 0 Å². The molecular formula is C16H17ClO2. The van der Waals surface area contributed by atoms with Crippen molar-refractivity contribution in [2.45, 2.75) is 26.6 Å². The SMILES string of the molecule is CC(C)Oc1ccc(OCc2ccccc2)cc1Cl. The highest BCUT2D eigenvalue weighted by molar-refractivity contribution is 6.32. The van der Waals surface area contributed by atoms with E-state index in [2.05, 4.69) is 0 Å². The summed E-state index contributed by atoms with van der Waals surface area (Å²) in [5.41, 5.74) is 1.13. The summed E-state index contributed by atoms with van der Waals surface area (Å²) < 4.78 is 11.3. The Morgan fingerprint density at radius 2 is 1.79 bits per heavy atom. The zero-order valence-electron chi connectivity index (χ0n) is 11.1. The van der Waals surface area contributed by atoms with E-state index in [9.17, 15) is 0 Å². The summed E-state index contributed by atoms with van der Waals surface area (Å²) in [6.45, 7) is 4.47. The van der Waals surface area contributed by atoms with Gasteiger partial charge in [0, 0.05) is 6.07 Å². The fourth-order valence-corrected chi connectivity index (χ4v) is 1.88. The van der Waals surface area contributed by atoms with Gasteiger partial charge in [-0.3, -0.25) is 0 Å². The summed E-state index contributed by atoms with van der Waals surface area (Å²) in [5.74, 6) is 1.42. The van der Waals surface area contributed by atoms with Gasteiger partial charge in [0.25, 0.3) is 0 Å². The van der Waals surface area contributed by atoms with Crippen molar-refractivity contribution in [3.05, 3.63) is 59.1 Å². The molecule has 0 aromatic heterocycles. The van der Waals surface area contributed by atoms with E-state index in [-0.39, 0.29) is 6.10 Å². The fourth-order valence-electron chi connectivity index (χ4n) is 1.66. The van der Waals surface area contributed by atoms with Crippen LogP contribution in [0.15, 0.2) is 48.5 Å². The highest BCUT2D eigenvalue weighted by Crippen LogP contribution is 2.29. The van der Waals surface area contributed by atoms with Crippen LogP contribution in [0.5, 0.6) is 11.5 Å². The van der Waals surface area contributed by atoms with Gasteiger partial charge in [-0.15, -0.1) is 0 Å². The molecule has 0 radical (unpaired) electrons. The summed E-state index contributed by atoms with van der Waals surface area (Å²) in [7, 11) is 0.